The second-order valence-electron chi connectivity index (χ2n) is 9.52. The van der Waals surface area contributed by atoms with Gasteiger partial charge in [-0.05, 0) is 43.2 Å². The maximum absolute atomic E-state index is 12.7. The third-order valence-electron chi connectivity index (χ3n) is 6.42. The first kappa shape index (κ1) is 28.4. The van der Waals surface area contributed by atoms with Crippen molar-refractivity contribution in [1.29, 1.82) is 0 Å². The Balaban J connectivity index is 1.33. The van der Waals surface area contributed by atoms with Gasteiger partial charge in [-0.25, -0.2) is 9.78 Å². The largest absolute Gasteiger partial charge is 0.493 e. The highest BCUT2D eigenvalue weighted by Crippen LogP contribution is 2.22. The molecule has 1 heterocycles. The number of carboxylic acid groups (broad SMARTS) is 1. The molecular weight excluding hydrogens is 504 g/mol. The van der Waals surface area contributed by atoms with E-state index in [1.54, 1.807) is 24.3 Å². The quantitative estimate of drug-likeness (QED) is 0.141. The molecule has 40 heavy (non-hydrogen) atoms. The van der Waals surface area contributed by atoms with E-state index >= 15 is 0 Å². The summed E-state index contributed by atoms with van der Waals surface area (Å²) in [6, 6.07) is 25.2. The summed E-state index contributed by atoms with van der Waals surface area (Å²) >= 11 is 0. The van der Waals surface area contributed by atoms with E-state index in [-0.39, 0.29) is 12.2 Å². The number of carbonyl (C=O) groups excluding carboxylic acids is 1. The fourth-order valence-corrected chi connectivity index (χ4v) is 4.31. The molecule has 0 saturated heterocycles. The fourth-order valence-electron chi connectivity index (χ4n) is 4.31. The second kappa shape index (κ2) is 13.9. The zero-order chi connectivity index (χ0) is 28.3. The monoisotopic (exact) mass is 538 g/mol. The van der Waals surface area contributed by atoms with E-state index in [2.05, 4.69) is 10.3 Å². The molecule has 1 aromatic heterocycles. The SMILES string of the molecule is CCCC(=CC(=O)c1ccccc1)N[C@@H](Cc1ccc(OCCc2nc(-c3ccccc3)oc2C)cc1)C(=O)O. The molecule has 0 aliphatic rings. The lowest BCUT2D eigenvalue weighted by Crippen LogP contribution is -2.38. The van der Waals surface area contributed by atoms with Crippen molar-refractivity contribution in [2.24, 2.45) is 0 Å². The summed E-state index contributed by atoms with van der Waals surface area (Å²) < 4.78 is 11.7. The number of carboxylic acids is 1. The van der Waals surface area contributed by atoms with Crippen molar-refractivity contribution >= 4 is 11.8 Å². The number of nitrogens with zero attached hydrogens (tertiary/aromatic N) is 1. The van der Waals surface area contributed by atoms with E-state index in [0.29, 0.717) is 42.3 Å². The smallest absolute Gasteiger partial charge is 0.326 e. The van der Waals surface area contributed by atoms with Gasteiger partial charge in [-0.3, -0.25) is 4.79 Å². The molecule has 0 radical (unpaired) electrons. The van der Waals surface area contributed by atoms with Gasteiger partial charge in [-0.2, -0.15) is 0 Å². The van der Waals surface area contributed by atoms with Crippen LogP contribution < -0.4 is 10.1 Å². The predicted molar refractivity (Wildman–Crippen MR) is 154 cm³/mol. The Morgan fingerprint density at radius 2 is 1.68 bits per heavy atom. The Morgan fingerprint density at radius 1 is 1.00 bits per heavy atom. The maximum Gasteiger partial charge on any atom is 0.326 e. The van der Waals surface area contributed by atoms with Gasteiger partial charge in [0, 0.05) is 35.7 Å². The maximum atomic E-state index is 12.7. The topological polar surface area (TPSA) is 102 Å². The average Bonchev–Trinajstić information content (AvgIpc) is 3.34. The molecule has 206 valence electrons. The standard InChI is InChI=1S/C33H34N2O5/c1-3-10-27(22-31(36)25-11-6-4-7-12-25)34-30(33(37)38)21-24-15-17-28(18-16-24)39-20-19-29-23(2)40-32(35-29)26-13-8-5-9-14-26/h4-9,11-18,22,30,34H,3,10,19-21H2,1-2H3,(H,37,38)/t30-/m0/s1. The van der Waals surface area contributed by atoms with Crippen LogP contribution in [-0.4, -0.2) is 34.5 Å². The van der Waals surface area contributed by atoms with Crippen molar-refractivity contribution in [2.45, 2.75) is 45.6 Å². The molecule has 0 amide bonds. The number of aryl methyl sites for hydroxylation is 1. The number of rotatable bonds is 14. The lowest BCUT2D eigenvalue weighted by molar-refractivity contribution is -0.139. The minimum absolute atomic E-state index is 0.153. The number of ketones is 1. The first-order chi connectivity index (χ1) is 19.4. The average molecular weight is 539 g/mol. The van der Waals surface area contributed by atoms with Crippen LogP contribution in [-0.2, 0) is 17.6 Å². The number of carbonyl (C=O) groups is 2. The van der Waals surface area contributed by atoms with Gasteiger partial charge in [-0.1, -0.05) is 74.0 Å². The lowest BCUT2D eigenvalue weighted by Gasteiger charge is -2.18. The number of oxazole rings is 1. The molecule has 4 rings (SSSR count). The molecule has 0 bridgehead atoms. The Hall–Kier alpha value is -4.65. The number of hydrogen-bond donors (Lipinski definition) is 2. The summed E-state index contributed by atoms with van der Waals surface area (Å²) in [7, 11) is 0. The summed E-state index contributed by atoms with van der Waals surface area (Å²) in [5, 5.41) is 12.9. The number of nitrogens with one attached hydrogen (secondary N) is 1. The normalized spacial score (nSPS) is 12.1. The number of hydrogen-bond acceptors (Lipinski definition) is 6. The van der Waals surface area contributed by atoms with E-state index in [1.807, 2.05) is 74.5 Å². The summed E-state index contributed by atoms with van der Waals surface area (Å²) in [6.45, 7) is 4.32. The molecule has 2 N–H and O–H groups in total. The van der Waals surface area contributed by atoms with Crippen LogP contribution in [0.2, 0.25) is 0 Å². The summed E-state index contributed by atoms with van der Waals surface area (Å²) in [4.78, 5) is 29.3. The molecule has 0 aliphatic carbocycles. The molecule has 7 heteroatoms. The van der Waals surface area contributed by atoms with Crippen molar-refractivity contribution in [3.05, 3.63) is 119 Å². The van der Waals surface area contributed by atoms with Gasteiger partial charge in [0.15, 0.2) is 5.78 Å². The van der Waals surface area contributed by atoms with Crippen molar-refractivity contribution in [1.82, 2.24) is 10.3 Å². The van der Waals surface area contributed by atoms with Gasteiger partial charge < -0.3 is 19.6 Å². The molecule has 0 unspecified atom stereocenters. The summed E-state index contributed by atoms with van der Waals surface area (Å²) in [5.41, 5.74) is 3.81. The van der Waals surface area contributed by atoms with Crippen LogP contribution >= 0.6 is 0 Å². The molecule has 0 fully saturated rings. The fraction of sp³-hybridized carbons (Fsp3) is 0.242. The second-order valence-corrected chi connectivity index (χ2v) is 9.52. The zero-order valence-electron chi connectivity index (χ0n) is 22.8. The van der Waals surface area contributed by atoms with Crippen LogP contribution in [0.25, 0.3) is 11.5 Å². The van der Waals surface area contributed by atoms with E-state index < -0.39 is 12.0 Å². The third kappa shape index (κ3) is 7.93. The molecular formula is C33H34N2O5. The highest BCUT2D eigenvalue weighted by Gasteiger charge is 2.19. The number of ether oxygens (including phenoxy) is 1. The molecule has 7 nitrogen and oxygen atoms in total. The van der Waals surface area contributed by atoms with Crippen molar-refractivity contribution in [2.75, 3.05) is 6.61 Å². The molecule has 0 aliphatic heterocycles. The van der Waals surface area contributed by atoms with Gasteiger partial charge >= 0.3 is 5.97 Å². The van der Waals surface area contributed by atoms with E-state index in [4.69, 9.17) is 9.15 Å². The zero-order valence-corrected chi connectivity index (χ0v) is 22.8. The van der Waals surface area contributed by atoms with Gasteiger partial charge in [0.25, 0.3) is 0 Å². The Morgan fingerprint density at radius 3 is 2.33 bits per heavy atom. The number of benzene rings is 3. The van der Waals surface area contributed by atoms with Gasteiger partial charge in [-0.15, -0.1) is 0 Å². The Bertz CT molecular complexity index is 1430. The van der Waals surface area contributed by atoms with Gasteiger partial charge in [0.2, 0.25) is 5.89 Å². The Labute approximate surface area is 234 Å². The number of aliphatic carboxylic acids is 1. The first-order valence-electron chi connectivity index (χ1n) is 13.5. The molecule has 1 atom stereocenters. The minimum Gasteiger partial charge on any atom is -0.493 e. The highest BCUT2D eigenvalue weighted by atomic mass is 16.5. The highest BCUT2D eigenvalue weighted by molar-refractivity contribution is 6.04. The number of allylic oxidation sites excluding steroid dienone is 2. The van der Waals surface area contributed by atoms with Crippen LogP contribution in [0.1, 0.15) is 47.1 Å². The van der Waals surface area contributed by atoms with Crippen molar-refractivity contribution < 1.29 is 23.8 Å². The van der Waals surface area contributed by atoms with E-state index in [1.165, 1.54) is 6.08 Å². The van der Waals surface area contributed by atoms with Crippen LogP contribution in [0.3, 0.4) is 0 Å². The van der Waals surface area contributed by atoms with Gasteiger partial charge in [0.05, 0.1) is 12.3 Å². The molecule has 0 saturated carbocycles. The summed E-state index contributed by atoms with van der Waals surface area (Å²) in [5.74, 6) is 0.923. The predicted octanol–water partition coefficient (Wildman–Crippen LogP) is 6.42. The van der Waals surface area contributed by atoms with Crippen LogP contribution in [0.15, 0.2) is 101 Å². The third-order valence-corrected chi connectivity index (χ3v) is 6.42. The first-order valence-corrected chi connectivity index (χ1v) is 13.5. The van der Waals surface area contributed by atoms with Crippen molar-refractivity contribution in [3.8, 4) is 17.2 Å². The number of aromatic nitrogens is 1. The summed E-state index contributed by atoms with van der Waals surface area (Å²) in [6.07, 6.45) is 3.72. The molecule has 4 aromatic rings. The van der Waals surface area contributed by atoms with Crippen molar-refractivity contribution in [3.63, 3.8) is 0 Å². The molecule has 3 aromatic carbocycles. The Kier molecular flexibility index (Phi) is 9.88. The van der Waals surface area contributed by atoms with E-state index in [0.717, 1.165) is 29.0 Å². The minimum atomic E-state index is -0.979. The lowest BCUT2D eigenvalue weighted by atomic mass is 10.0. The molecule has 0 spiro atoms. The van der Waals surface area contributed by atoms with Crippen LogP contribution in [0.4, 0.5) is 0 Å². The van der Waals surface area contributed by atoms with Crippen LogP contribution in [0.5, 0.6) is 5.75 Å². The van der Waals surface area contributed by atoms with Crippen LogP contribution in [0, 0.1) is 6.92 Å². The van der Waals surface area contributed by atoms with Gasteiger partial charge in [0.1, 0.15) is 17.6 Å². The van der Waals surface area contributed by atoms with E-state index in [9.17, 15) is 14.7 Å².